The summed E-state index contributed by atoms with van der Waals surface area (Å²) in [6.45, 7) is 6.80. The van der Waals surface area contributed by atoms with Gasteiger partial charge < -0.3 is 9.88 Å². The second-order valence-corrected chi connectivity index (χ2v) is 7.99. The number of rotatable bonds is 5. The van der Waals surface area contributed by atoms with Gasteiger partial charge in [-0.05, 0) is 30.9 Å². The maximum atomic E-state index is 12.7. The van der Waals surface area contributed by atoms with Crippen LogP contribution in [0.4, 0.5) is 5.69 Å². The minimum atomic E-state index is -0.199. The molecule has 150 valence electrons. The Morgan fingerprint density at radius 2 is 1.97 bits per heavy atom. The van der Waals surface area contributed by atoms with Crippen LogP contribution in [0.25, 0.3) is 0 Å². The molecule has 1 fully saturated rings. The van der Waals surface area contributed by atoms with Crippen molar-refractivity contribution in [3.05, 3.63) is 59.9 Å². The van der Waals surface area contributed by atoms with Crippen LogP contribution in [0.5, 0.6) is 0 Å². The van der Waals surface area contributed by atoms with E-state index in [1.807, 2.05) is 45.8 Å². The van der Waals surface area contributed by atoms with Crippen molar-refractivity contribution in [1.82, 2.24) is 29.4 Å². The quantitative estimate of drug-likeness (QED) is 0.720. The molecule has 3 aromatic rings. The summed E-state index contributed by atoms with van der Waals surface area (Å²) in [6.07, 6.45) is 4.97. The normalized spacial score (nSPS) is 21.0. The second kappa shape index (κ2) is 7.44. The van der Waals surface area contributed by atoms with Crippen LogP contribution in [-0.4, -0.2) is 48.4 Å². The van der Waals surface area contributed by atoms with Crippen LogP contribution in [0.15, 0.2) is 42.7 Å². The molecule has 0 saturated carbocycles. The van der Waals surface area contributed by atoms with Gasteiger partial charge in [0.2, 0.25) is 5.82 Å². The molecule has 2 aliphatic rings. The van der Waals surface area contributed by atoms with E-state index in [1.165, 1.54) is 5.56 Å². The summed E-state index contributed by atoms with van der Waals surface area (Å²) in [5.41, 5.74) is 2.02. The number of aromatic nitrogens is 5. The van der Waals surface area contributed by atoms with Gasteiger partial charge in [0.1, 0.15) is 5.82 Å². The lowest BCUT2D eigenvalue weighted by Gasteiger charge is -2.25. The van der Waals surface area contributed by atoms with Gasteiger partial charge >= 0.3 is 0 Å². The number of anilines is 1. The van der Waals surface area contributed by atoms with Gasteiger partial charge in [-0.25, -0.2) is 0 Å². The van der Waals surface area contributed by atoms with E-state index in [1.54, 1.807) is 0 Å². The number of amides is 1. The zero-order valence-corrected chi connectivity index (χ0v) is 16.5. The van der Waals surface area contributed by atoms with E-state index < -0.39 is 0 Å². The summed E-state index contributed by atoms with van der Waals surface area (Å²) in [5, 5.41) is 15.8. The second-order valence-electron chi connectivity index (χ2n) is 7.99. The molecule has 0 bridgehead atoms. The van der Waals surface area contributed by atoms with Crippen LogP contribution in [0.2, 0.25) is 0 Å². The molecule has 0 spiro atoms. The monoisotopic (exact) mass is 391 g/mol. The Morgan fingerprint density at radius 3 is 2.76 bits per heavy atom. The predicted octanol–water partition coefficient (Wildman–Crippen LogP) is 2.05. The van der Waals surface area contributed by atoms with Crippen molar-refractivity contribution >= 4 is 11.6 Å². The number of likely N-dealkylation sites (tertiary alicyclic amines) is 1. The number of nitrogens with zero attached hydrogens (tertiary/aromatic N) is 6. The number of fused-ring (bicyclic) bond motifs is 2. The Kier molecular flexibility index (Phi) is 4.63. The number of hydrogen-bond acceptors (Lipinski definition) is 5. The topological polar surface area (TPSA) is 80.9 Å². The summed E-state index contributed by atoms with van der Waals surface area (Å²) in [4.78, 5) is 15.2. The van der Waals surface area contributed by atoms with Gasteiger partial charge in [0.25, 0.3) is 5.91 Å². The molecule has 8 nitrogen and oxygen atoms in total. The van der Waals surface area contributed by atoms with Crippen molar-refractivity contribution < 1.29 is 4.79 Å². The van der Waals surface area contributed by atoms with E-state index in [9.17, 15) is 4.79 Å². The molecular formula is C21H25N7O. The Labute approximate surface area is 169 Å². The first-order chi connectivity index (χ1) is 14.2. The Morgan fingerprint density at radius 1 is 1.14 bits per heavy atom. The zero-order valence-electron chi connectivity index (χ0n) is 16.5. The minimum Gasteiger partial charge on any atom is -0.319 e. The molecule has 0 aliphatic carbocycles. The van der Waals surface area contributed by atoms with Gasteiger partial charge in [0.05, 0.1) is 6.20 Å². The molecule has 2 aromatic heterocycles. The molecule has 4 heterocycles. The van der Waals surface area contributed by atoms with Gasteiger partial charge in [-0.15, -0.1) is 10.2 Å². The van der Waals surface area contributed by atoms with Crippen molar-refractivity contribution in [2.75, 3.05) is 18.4 Å². The fraction of sp³-hybridized carbons (Fsp3) is 0.429. The lowest BCUT2D eigenvalue weighted by Crippen LogP contribution is -2.31. The van der Waals surface area contributed by atoms with E-state index >= 15 is 0 Å². The molecule has 8 heteroatoms. The molecular weight excluding hydrogens is 366 g/mol. The fourth-order valence-electron chi connectivity index (χ4n) is 4.55. The molecule has 0 radical (unpaired) electrons. The van der Waals surface area contributed by atoms with E-state index in [4.69, 9.17) is 0 Å². The third kappa shape index (κ3) is 3.55. The van der Waals surface area contributed by atoms with Crippen molar-refractivity contribution in [1.29, 1.82) is 0 Å². The van der Waals surface area contributed by atoms with Gasteiger partial charge in [-0.3, -0.25) is 14.4 Å². The number of aryl methyl sites for hydroxylation is 1. The number of benzene rings is 1. The number of carbonyl (C=O) groups is 1. The van der Waals surface area contributed by atoms with Crippen molar-refractivity contribution in [2.24, 2.45) is 11.8 Å². The van der Waals surface area contributed by atoms with Crippen molar-refractivity contribution in [3.8, 4) is 0 Å². The summed E-state index contributed by atoms with van der Waals surface area (Å²) in [5.74, 6) is 2.21. The average molecular weight is 391 g/mol. The molecule has 1 amide bonds. The predicted molar refractivity (Wildman–Crippen MR) is 108 cm³/mol. The smallest absolute Gasteiger partial charge is 0.293 e. The van der Waals surface area contributed by atoms with Crippen LogP contribution in [0.1, 0.15) is 28.9 Å². The Bertz CT molecular complexity index is 1010. The molecule has 29 heavy (non-hydrogen) atoms. The maximum Gasteiger partial charge on any atom is 0.293 e. The highest BCUT2D eigenvalue weighted by molar-refractivity contribution is 6.01. The van der Waals surface area contributed by atoms with Gasteiger partial charge in [0.15, 0.2) is 0 Å². The molecule has 5 rings (SSSR count). The maximum absolute atomic E-state index is 12.7. The third-order valence-electron chi connectivity index (χ3n) is 5.99. The third-order valence-corrected chi connectivity index (χ3v) is 5.99. The van der Waals surface area contributed by atoms with Gasteiger partial charge in [-0.2, -0.15) is 5.10 Å². The first-order valence-electron chi connectivity index (χ1n) is 10.2. The molecule has 1 N–H and O–H groups in total. The lowest BCUT2D eigenvalue weighted by molar-refractivity contribution is 0.100. The minimum absolute atomic E-state index is 0.199. The van der Waals surface area contributed by atoms with Crippen LogP contribution in [-0.2, 0) is 26.1 Å². The average Bonchev–Trinajstić information content (AvgIpc) is 3.44. The Hall–Kier alpha value is -3.00. The summed E-state index contributed by atoms with van der Waals surface area (Å²) in [7, 11) is 0. The molecule has 1 saturated heterocycles. The number of hydrogen-bond donors (Lipinski definition) is 1. The van der Waals surface area contributed by atoms with E-state index in [2.05, 4.69) is 38.6 Å². The van der Waals surface area contributed by atoms with E-state index in [0.717, 1.165) is 50.7 Å². The molecule has 0 unspecified atom stereocenters. The van der Waals surface area contributed by atoms with Crippen LogP contribution >= 0.6 is 0 Å². The standard InChI is InChI=1S/C21H25N7O/c1-2-27-11-15(9-22-27)10-26-12-16-8-19-24-25-20(28(19)14-17(16)13-26)21(29)23-18-6-4-3-5-7-18/h3-7,9,11,16-17H,2,8,10,12-14H2,1H3,(H,23,29)/t16-,17+/m1/s1. The SMILES string of the molecule is CCn1cc(CN2C[C@H]3Cc4nnc(C(=O)Nc5ccccc5)n4C[C@@H]3C2)cn1. The first-order valence-corrected chi connectivity index (χ1v) is 10.2. The van der Waals surface area contributed by atoms with Crippen LogP contribution < -0.4 is 5.32 Å². The molecule has 1 aromatic carbocycles. The highest BCUT2D eigenvalue weighted by Gasteiger charge is 2.39. The molecule has 2 atom stereocenters. The highest BCUT2D eigenvalue weighted by atomic mass is 16.2. The summed E-state index contributed by atoms with van der Waals surface area (Å²) in [6, 6.07) is 9.47. The Balaban J connectivity index is 1.27. The summed E-state index contributed by atoms with van der Waals surface area (Å²) >= 11 is 0. The van der Waals surface area contributed by atoms with Gasteiger partial charge in [-0.1, -0.05) is 18.2 Å². The number of para-hydroxylation sites is 1. The van der Waals surface area contributed by atoms with Crippen molar-refractivity contribution in [2.45, 2.75) is 33.0 Å². The first kappa shape index (κ1) is 18.1. The van der Waals surface area contributed by atoms with Gasteiger partial charge in [0, 0.05) is 56.6 Å². The highest BCUT2D eigenvalue weighted by Crippen LogP contribution is 2.33. The fourth-order valence-corrected chi connectivity index (χ4v) is 4.55. The number of carbonyl (C=O) groups excluding carboxylic acids is 1. The zero-order chi connectivity index (χ0) is 19.8. The van der Waals surface area contributed by atoms with E-state index in [0.29, 0.717) is 17.7 Å². The number of nitrogens with one attached hydrogen (secondary N) is 1. The van der Waals surface area contributed by atoms with Crippen molar-refractivity contribution in [3.63, 3.8) is 0 Å². The lowest BCUT2D eigenvalue weighted by atomic mass is 9.89. The van der Waals surface area contributed by atoms with E-state index in [-0.39, 0.29) is 5.91 Å². The molecule has 2 aliphatic heterocycles. The summed E-state index contributed by atoms with van der Waals surface area (Å²) < 4.78 is 3.98. The van der Waals surface area contributed by atoms with Crippen LogP contribution in [0, 0.1) is 11.8 Å². The largest absolute Gasteiger partial charge is 0.319 e. The van der Waals surface area contributed by atoms with Crippen LogP contribution in [0.3, 0.4) is 0 Å².